The number of carboxylic acid groups (broad SMARTS) is 1. The highest BCUT2D eigenvalue weighted by atomic mass is 32.2. The van der Waals surface area contributed by atoms with Gasteiger partial charge in [0.15, 0.2) is 0 Å². The standard InChI is InChI=1S/C40H52N8O12S/c1-20-27-9-8-25(50)16-23(27)17-29(42-20)36(55)47(3)21(2)33(35(54)41-19-26-18-31(51)37(60-26)48-12-10-32(52)45-40(48)59)46-34(53)28(11-13-61-4)43-39(58)44-30(38(56)57)15-22-6-5-7-24(49)14-22/h5-9,14,16,19-21,28-31,33,37,42,49-51H,10-13,15,17-18H2,1-4H3,(H,41,54)(H,46,53)(H,56,57)(H2,43,44,58)(H,45,52,59)/b26-19-/t20-,21+,28-,29+,30-,31-,33+,37-/m0/s1. The van der Waals surface area contributed by atoms with Crippen molar-refractivity contribution < 1.29 is 58.7 Å². The molecule has 0 aromatic heterocycles. The number of aromatic hydroxyl groups is 2. The number of hydrogen-bond donors (Lipinski definition) is 10. The van der Waals surface area contributed by atoms with Gasteiger partial charge in [0.2, 0.25) is 29.9 Å². The predicted octanol–water partition coefficient (Wildman–Crippen LogP) is 0.128. The van der Waals surface area contributed by atoms with E-state index in [1.807, 2.05) is 6.92 Å². The fraction of sp³-hybridized carbons (Fsp3) is 0.475. The summed E-state index contributed by atoms with van der Waals surface area (Å²) in [6.07, 6.45) is 0.576. The van der Waals surface area contributed by atoms with E-state index in [0.717, 1.165) is 22.2 Å². The van der Waals surface area contributed by atoms with Crippen molar-refractivity contribution in [2.75, 3.05) is 25.6 Å². The fourth-order valence-electron chi connectivity index (χ4n) is 7.35. The molecule has 8 atom stereocenters. The number of nitrogens with zero attached hydrogens (tertiary/aromatic N) is 2. The Labute approximate surface area is 355 Å². The molecule has 0 unspecified atom stereocenters. The number of rotatable bonds is 16. The van der Waals surface area contributed by atoms with Crippen molar-refractivity contribution in [3.05, 3.63) is 71.1 Å². The normalized spacial score (nSPS) is 22.4. The lowest BCUT2D eigenvalue weighted by atomic mass is 9.90. The van der Waals surface area contributed by atoms with Gasteiger partial charge in [0.25, 0.3) is 0 Å². The molecule has 0 radical (unpaired) electrons. The van der Waals surface area contributed by atoms with E-state index in [-0.39, 0.29) is 61.9 Å². The number of imide groups is 1. The Kier molecular flexibility index (Phi) is 15.4. The van der Waals surface area contributed by atoms with Crippen LogP contribution in [0.4, 0.5) is 9.59 Å². The van der Waals surface area contributed by atoms with Gasteiger partial charge >= 0.3 is 18.0 Å². The van der Waals surface area contributed by atoms with Gasteiger partial charge in [0.1, 0.15) is 41.5 Å². The van der Waals surface area contributed by atoms with E-state index in [1.54, 1.807) is 37.4 Å². The molecular formula is C40H52N8O12S. The Morgan fingerprint density at radius 1 is 1.02 bits per heavy atom. The lowest BCUT2D eigenvalue weighted by molar-refractivity contribution is -0.139. The SMILES string of the molecule is CSCC[C@H](NC(=O)N[C@@H](Cc1cccc(O)c1)C(=O)O)C(=O)N[C@@H](C(=O)N/C=C1/C[C@H](O)[C@@H](N2CCC(=O)NC2=O)O1)[C@@H](C)N(C)C(=O)[C@H]1Cc2cc(O)ccc2[C@H](C)N1. The molecule has 0 spiro atoms. The van der Waals surface area contributed by atoms with Crippen molar-refractivity contribution in [2.24, 2.45) is 0 Å². The topological polar surface area (TPSA) is 288 Å². The number of carbonyl (C=O) groups excluding carboxylic acids is 6. The molecule has 0 bridgehead atoms. The Morgan fingerprint density at radius 2 is 1.74 bits per heavy atom. The van der Waals surface area contributed by atoms with Crippen LogP contribution in [0.1, 0.15) is 55.8 Å². The van der Waals surface area contributed by atoms with Gasteiger partial charge in [-0.1, -0.05) is 18.2 Å². The third-order valence-electron chi connectivity index (χ3n) is 10.8. The Hall–Kier alpha value is -6.06. The molecule has 21 heteroatoms. The van der Waals surface area contributed by atoms with Gasteiger partial charge in [0, 0.05) is 45.1 Å². The summed E-state index contributed by atoms with van der Waals surface area (Å²) in [4.78, 5) is 94.1. The molecule has 330 valence electrons. The van der Waals surface area contributed by atoms with Crippen LogP contribution >= 0.6 is 11.8 Å². The number of carboxylic acids is 1. The second-order valence-electron chi connectivity index (χ2n) is 15.1. The molecule has 10 N–H and O–H groups in total. The number of benzene rings is 2. The van der Waals surface area contributed by atoms with E-state index in [1.165, 1.54) is 41.9 Å². The number of phenols is 2. The number of aliphatic hydroxyl groups excluding tert-OH is 1. The monoisotopic (exact) mass is 868 g/mol. The second kappa shape index (κ2) is 20.5. The van der Waals surface area contributed by atoms with Crippen molar-refractivity contribution in [1.82, 2.24) is 41.7 Å². The molecule has 3 heterocycles. The maximum Gasteiger partial charge on any atom is 0.327 e. The first-order valence-electron chi connectivity index (χ1n) is 19.6. The minimum absolute atomic E-state index is 0.00228. The van der Waals surface area contributed by atoms with Crippen LogP contribution in [0.2, 0.25) is 0 Å². The molecule has 61 heavy (non-hydrogen) atoms. The summed E-state index contributed by atoms with van der Waals surface area (Å²) >= 11 is 1.37. The quantitative estimate of drug-likeness (QED) is 0.107. The number of carbonyl (C=O) groups is 7. The van der Waals surface area contributed by atoms with Crippen LogP contribution in [0.3, 0.4) is 0 Å². The largest absolute Gasteiger partial charge is 0.508 e. The average Bonchev–Trinajstić information content (AvgIpc) is 3.58. The summed E-state index contributed by atoms with van der Waals surface area (Å²) < 4.78 is 5.78. The first-order chi connectivity index (χ1) is 28.9. The molecule has 5 rings (SSSR count). The van der Waals surface area contributed by atoms with Gasteiger partial charge in [-0.25, -0.2) is 14.4 Å². The number of amides is 8. The molecule has 20 nitrogen and oxygen atoms in total. The lowest BCUT2D eigenvalue weighted by Crippen LogP contribution is -2.62. The van der Waals surface area contributed by atoms with Crippen molar-refractivity contribution in [3.63, 3.8) is 0 Å². The van der Waals surface area contributed by atoms with E-state index in [4.69, 9.17) is 4.74 Å². The first kappa shape index (κ1) is 46.0. The van der Waals surface area contributed by atoms with Gasteiger partial charge in [0.05, 0.1) is 12.1 Å². The first-order valence-corrected chi connectivity index (χ1v) is 21.0. The van der Waals surface area contributed by atoms with E-state index in [2.05, 4.69) is 31.9 Å². The molecular weight excluding hydrogens is 817 g/mol. The van der Waals surface area contributed by atoms with Crippen LogP contribution in [0.15, 0.2) is 54.4 Å². The zero-order valence-corrected chi connectivity index (χ0v) is 34.9. The minimum Gasteiger partial charge on any atom is -0.508 e. The summed E-state index contributed by atoms with van der Waals surface area (Å²) in [5, 5.41) is 56.1. The van der Waals surface area contributed by atoms with Crippen molar-refractivity contribution in [1.29, 1.82) is 0 Å². The van der Waals surface area contributed by atoms with Crippen LogP contribution in [-0.2, 0) is 41.6 Å². The number of fused-ring (bicyclic) bond motifs is 1. The second-order valence-corrected chi connectivity index (χ2v) is 16.1. The summed E-state index contributed by atoms with van der Waals surface area (Å²) in [5.74, 6) is -3.50. The number of hydrogen-bond acceptors (Lipinski definition) is 13. The number of aliphatic carboxylic acids is 1. The molecule has 3 aliphatic rings. The van der Waals surface area contributed by atoms with Crippen molar-refractivity contribution >= 4 is 53.4 Å². The summed E-state index contributed by atoms with van der Waals surface area (Å²) in [7, 11) is 1.47. The number of nitrogens with one attached hydrogen (secondary N) is 6. The number of thioether (sulfide) groups is 1. The van der Waals surface area contributed by atoms with Crippen LogP contribution in [0.25, 0.3) is 0 Å². The van der Waals surface area contributed by atoms with Crippen LogP contribution in [0, 0.1) is 0 Å². The van der Waals surface area contributed by atoms with Gasteiger partial charge in [-0.2, -0.15) is 11.8 Å². The van der Waals surface area contributed by atoms with E-state index < -0.39 is 84.2 Å². The fourth-order valence-corrected chi connectivity index (χ4v) is 7.82. The van der Waals surface area contributed by atoms with Gasteiger partial charge in [-0.05, 0) is 79.7 Å². The van der Waals surface area contributed by atoms with Gasteiger partial charge in [-0.15, -0.1) is 0 Å². The zero-order chi connectivity index (χ0) is 44.5. The maximum atomic E-state index is 14.1. The predicted molar refractivity (Wildman–Crippen MR) is 220 cm³/mol. The molecule has 0 aliphatic carbocycles. The van der Waals surface area contributed by atoms with Crippen molar-refractivity contribution in [3.8, 4) is 11.5 Å². The third-order valence-corrected chi connectivity index (χ3v) is 11.4. The highest BCUT2D eigenvalue weighted by molar-refractivity contribution is 7.98. The molecule has 2 saturated heterocycles. The smallest absolute Gasteiger partial charge is 0.327 e. The summed E-state index contributed by atoms with van der Waals surface area (Å²) in [5.41, 5.74) is 2.11. The highest BCUT2D eigenvalue weighted by Crippen LogP contribution is 2.30. The Balaban J connectivity index is 1.34. The van der Waals surface area contributed by atoms with Crippen LogP contribution in [-0.4, -0.2) is 140 Å². The van der Waals surface area contributed by atoms with Gasteiger partial charge < -0.3 is 51.3 Å². The van der Waals surface area contributed by atoms with E-state index in [9.17, 15) is 54.0 Å². The average molecular weight is 869 g/mol. The molecule has 8 amide bonds. The summed E-state index contributed by atoms with van der Waals surface area (Å²) in [6, 6.07) is 2.81. The van der Waals surface area contributed by atoms with Crippen molar-refractivity contribution in [2.45, 2.75) is 94.5 Å². The molecule has 0 saturated carbocycles. The Morgan fingerprint density at radius 3 is 2.43 bits per heavy atom. The number of ether oxygens (including phenoxy) is 1. The number of urea groups is 2. The maximum absolute atomic E-state index is 14.1. The number of likely N-dealkylation sites (N-methyl/N-ethyl adjacent to an activating group) is 1. The van der Waals surface area contributed by atoms with E-state index >= 15 is 0 Å². The van der Waals surface area contributed by atoms with Crippen LogP contribution in [0.5, 0.6) is 11.5 Å². The van der Waals surface area contributed by atoms with Gasteiger partial charge in [-0.3, -0.25) is 34.7 Å². The molecule has 2 aromatic rings. The van der Waals surface area contributed by atoms with E-state index in [0.29, 0.717) is 11.3 Å². The molecule has 2 aromatic carbocycles. The highest BCUT2D eigenvalue weighted by Gasteiger charge is 2.41. The third kappa shape index (κ3) is 11.8. The molecule has 2 fully saturated rings. The minimum atomic E-state index is -1.48. The number of phenolic OH excluding ortho intramolecular Hbond substituents is 2. The summed E-state index contributed by atoms with van der Waals surface area (Å²) in [6.45, 7) is 3.41. The molecule has 3 aliphatic heterocycles. The lowest BCUT2D eigenvalue weighted by Gasteiger charge is -2.37. The number of aliphatic hydroxyl groups is 1. The Bertz CT molecular complexity index is 2040. The van der Waals surface area contributed by atoms with Crippen LogP contribution < -0.4 is 31.9 Å². The zero-order valence-electron chi connectivity index (χ0n) is 34.0.